The second kappa shape index (κ2) is 7.61. The maximum absolute atomic E-state index is 11.7. The summed E-state index contributed by atoms with van der Waals surface area (Å²) in [7, 11) is 0. The quantitative estimate of drug-likeness (QED) is 0.833. The van der Waals surface area contributed by atoms with Crippen LogP contribution in [-0.2, 0) is 16.2 Å². The average molecular weight is 299 g/mol. The van der Waals surface area contributed by atoms with E-state index in [9.17, 15) is 4.79 Å². The van der Waals surface area contributed by atoms with Crippen LogP contribution in [0.3, 0.4) is 0 Å². The number of aryl methyl sites for hydroxylation is 3. The van der Waals surface area contributed by atoms with Crippen molar-refractivity contribution in [2.24, 2.45) is 0 Å². The van der Waals surface area contributed by atoms with Gasteiger partial charge in [-0.25, -0.2) is 5.48 Å². The number of carbonyl (C=O) groups is 1. The standard InChI is InChI=1S/C18H21NO3/c1-13-9-14(2)18(15(3)10-13)21-12-17(20)19-22-11-16-7-5-4-6-8-16/h4-10H,11-12H2,1-3H3,(H,19,20). The Morgan fingerprint density at radius 3 is 2.32 bits per heavy atom. The number of ether oxygens (including phenoxy) is 1. The minimum Gasteiger partial charge on any atom is -0.483 e. The first-order valence-electron chi connectivity index (χ1n) is 7.21. The largest absolute Gasteiger partial charge is 0.483 e. The van der Waals surface area contributed by atoms with Gasteiger partial charge in [-0.1, -0.05) is 48.0 Å². The smallest absolute Gasteiger partial charge is 0.281 e. The summed E-state index contributed by atoms with van der Waals surface area (Å²) < 4.78 is 5.60. The number of carbonyl (C=O) groups excluding carboxylic acids is 1. The molecule has 2 rings (SSSR count). The Balaban J connectivity index is 1.79. The molecule has 0 aliphatic heterocycles. The van der Waals surface area contributed by atoms with Crippen LogP contribution in [0, 0.1) is 20.8 Å². The number of nitrogens with one attached hydrogen (secondary N) is 1. The predicted molar refractivity (Wildman–Crippen MR) is 85.5 cm³/mol. The van der Waals surface area contributed by atoms with E-state index in [2.05, 4.69) is 5.48 Å². The van der Waals surface area contributed by atoms with Gasteiger partial charge in [-0.3, -0.25) is 9.63 Å². The molecule has 0 atom stereocenters. The van der Waals surface area contributed by atoms with Crippen molar-refractivity contribution in [3.63, 3.8) is 0 Å². The molecular formula is C18H21NO3. The van der Waals surface area contributed by atoms with Crippen LogP contribution in [0.4, 0.5) is 0 Å². The molecule has 0 unspecified atom stereocenters. The third-order valence-electron chi connectivity index (χ3n) is 3.22. The van der Waals surface area contributed by atoms with Gasteiger partial charge in [0.15, 0.2) is 6.61 Å². The summed E-state index contributed by atoms with van der Waals surface area (Å²) in [4.78, 5) is 16.9. The van der Waals surface area contributed by atoms with Gasteiger partial charge >= 0.3 is 0 Å². The van der Waals surface area contributed by atoms with Crippen LogP contribution in [0.2, 0.25) is 0 Å². The lowest BCUT2D eigenvalue weighted by molar-refractivity contribution is -0.136. The molecule has 2 aromatic rings. The van der Waals surface area contributed by atoms with Crippen molar-refractivity contribution < 1.29 is 14.4 Å². The van der Waals surface area contributed by atoms with Gasteiger partial charge in [0.1, 0.15) is 5.75 Å². The zero-order valence-corrected chi connectivity index (χ0v) is 13.2. The number of hydrogen-bond acceptors (Lipinski definition) is 3. The van der Waals surface area contributed by atoms with Gasteiger partial charge in [-0.2, -0.15) is 0 Å². The van der Waals surface area contributed by atoms with E-state index in [1.807, 2.05) is 63.2 Å². The molecule has 116 valence electrons. The van der Waals surface area contributed by atoms with E-state index in [1.165, 1.54) is 5.56 Å². The van der Waals surface area contributed by atoms with Gasteiger partial charge in [0, 0.05) is 0 Å². The number of hydroxylamine groups is 1. The highest BCUT2D eigenvalue weighted by Crippen LogP contribution is 2.24. The molecule has 0 aromatic heterocycles. The van der Waals surface area contributed by atoms with Crippen LogP contribution in [0.5, 0.6) is 5.75 Å². The Kier molecular flexibility index (Phi) is 5.55. The molecule has 22 heavy (non-hydrogen) atoms. The molecule has 0 radical (unpaired) electrons. The molecule has 0 spiro atoms. The number of hydrogen-bond donors (Lipinski definition) is 1. The van der Waals surface area contributed by atoms with Crippen LogP contribution in [0.25, 0.3) is 0 Å². The van der Waals surface area contributed by atoms with E-state index in [1.54, 1.807) is 0 Å². The number of benzene rings is 2. The van der Waals surface area contributed by atoms with Gasteiger partial charge in [0.05, 0.1) is 6.61 Å². The molecule has 0 saturated heterocycles. The van der Waals surface area contributed by atoms with E-state index in [-0.39, 0.29) is 12.5 Å². The highest BCUT2D eigenvalue weighted by Gasteiger charge is 2.08. The second-order valence-corrected chi connectivity index (χ2v) is 5.32. The van der Waals surface area contributed by atoms with Gasteiger partial charge in [-0.05, 0) is 37.5 Å². The van der Waals surface area contributed by atoms with Gasteiger partial charge < -0.3 is 4.74 Å². The lowest BCUT2D eigenvalue weighted by atomic mass is 10.1. The minimum absolute atomic E-state index is 0.0699. The Labute approximate surface area is 131 Å². The lowest BCUT2D eigenvalue weighted by Gasteiger charge is -2.13. The summed E-state index contributed by atoms with van der Waals surface area (Å²) in [5.41, 5.74) is 6.61. The van der Waals surface area contributed by atoms with Crippen molar-refractivity contribution >= 4 is 5.91 Å². The molecule has 0 aliphatic carbocycles. The molecule has 0 bridgehead atoms. The van der Waals surface area contributed by atoms with Crippen LogP contribution < -0.4 is 10.2 Å². The summed E-state index contributed by atoms with van der Waals surface area (Å²) in [5, 5.41) is 0. The van der Waals surface area contributed by atoms with Crippen molar-refractivity contribution in [2.75, 3.05) is 6.61 Å². The van der Waals surface area contributed by atoms with Crippen molar-refractivity contribution in [1.82, 2.24) is 5.48 Å². The van der Waals surface area contributed by atoms with Crippen molar-refractivity contribution in [3.8, 4) is 5.75 Å². The normalized spacial score (nSPS) is 10.3. The fourth-order valence-corrected chi connectivity index (χ4v) is 2.34. The highest BCUT2D eigenvalue weighted by molar-refractivity contribution is 5.76. The van der Waals surface area contributed by atoms with Gasteiger partial charge in [-0.15, -0.1) is 0 Å². The maximum atomic E-state index is 11.7. The van der Waals surface area contributed by atoms with Crippen LogP contribution in [-0.4, -0.2) is 12.5 Å². The Morgan fingerprint density at radius 1 is 1.05 bits per heavy atom. The topological polar surface area (TPSA) is 47.6 Å². The van der Waals surface area contributed by atoms with Crippen LogP contribution in [0.1, 0.15) is 22.3 Å². The van der Waals surface area contributed by atoms with Gasteiger partial charge in [0.25, 0.3) is 5.91 Å². The first-order chi connectivity index (χ1) is 10.6. The van der Waals surface area contributed by atoms with E-state index < -0.39 is 0 Å². The maximum Gasteiger partial charge on any atom is 0.281 e. The third-order valence-corrected chi connectivity index (χ3v) is 3.22. The van der Waals surface area contributed by atoms with E-state index in [0.29, 0.717) is 6.61 Å². The van der Waals surface area contributed by atoms with Gasteiger partial charge in [0.2, 0.25) is 0 Å². The molecular weight excluding hydrogens is 278 g/mol. The molecule has 0 aliphatic rings. The van der Waals surface area contributed by atoms with Crippen molar-refractivity contribution in [1.29, 1.82) is 0 Å². The predicted octanol–water partition coefficient (Wildman–Crippen LogP) is 3.24. The molecule has 2 aromatic carbocycles. The summed E-state index contributed by atoms with van der Waals surface area (Å²) in [6.45, 7) is 6.24. The molecule has 1 amide bonds. The summed E-state index contributed by atoms with van der Waals surface area (Å²) in [6, 6.07) is 13.7. The van der Waals surface area contributed by atoms with Crippen LogP contribution >= 0.6 is 0 Å². The molecule has 1 N–H and O–H groups in total. The summed E-state index contributed by atoms with van der Waals surface area (Å²) in [6.07, 6.45) is 0. The average Bonchev–Trinajstić information content (AvgIpc) is 2.47. The third kappa shape index (κ3) is 4.60. The number of rotatable bonds is 6. The fraction of sp³-hybridized carbons (Fsp3) is 0.278. The Morgan fingerprint density at radius 2 is 1.68 bits per heavy atom. The van der Waals surface area contributed by atoms with E-state index in [0.717, 1.165) is 22.4 Å². The molecule has 4 heteroatoms. The zero-order chi connectivity index (χ0) is 15.9. The number of amides is 1. The first kappa shape index (κ1) is 16.0. The Hall–Kier alpha value is -2.33. The van der Waals surface area contributed by atoms with Crippen molar-refractivity contribution in [3.05, 3.63) is 64.7 Å². The zero-order valence-electron chi connectivity index (χ0n) is 13.2. The first-order valence-corrected chi connectivity index (χ1v) is 7.21. The second-order valence-electron chi connectivity index (χ2n) is 5.32. The Bertz CT molecular complexity index is 615. The molecule has 0 fully saturated rings. The molecule has 4 nitrogen and oxygen atoms in total. The summed E-state index contributed by atoms with van der Waals surface area (Å²) in [5.74, 6) is 0.444. The molecule has 0 heterocycles. The highest BCUT2D eigenvalue weighted by atomic mass is 16.7. The van der Waals surface area contributed by atoms with E-state index in [4.69, 9.17) is 9.57 Å². The lowest BCUT2D eigenvalue weighted by Crippen LogP contribution is -2.29. The molecule has 0 saturated carbocycles. The monoisotopic (exact) mass is 299 g/mol. The van der Waals surface area contributed by atoms with Crippen molar-refractivity contribution in [2.45, 2.75) is 27.4 Å². The minimum atomic E-state index is -0.310. The fourth-order valence-electron chi connectivity index (χ4n) is 2.34. The van der Waals surface area contributed by atoms with Crippen LogP contribution in [0.15, 0.2) is 42.5 Å². The SMILES string of the molecule is Cc1cc(C)c(OCC(=O)NOCc2ccccc2)c(C)c1. The summed E-state index contributed by atoms with van der Waals surface area (Å²) >= 11 is 0. The van der Waals surface area contributed by atoms with E-state index >= 15 is 0 Å².